The molecule has 1 atom stereocenters. The molecular formula is C14H22O. The fourth-order valence-electron chi connectivity index (χ4n) is 1.86. The van der Waals surface area contributed by atoms with E-state index in [1.54, 1.807) is 0 Å². The molecule has 0 aromatic carbocycles. The van der Waals surface area contributed by atoms with Gasteiger partial charge in [-0.25, -0.2) is 0 Å². The Bertz CT molecular complexity index is 271. The lowest BCUT2D eigenvalue weighted by Crippen LogP contribution is -2.17. The molecule has 1 aliphatic carbocycles. The van der Waals surface area contributed by atoms with Gasteiger partial charge in [-0.15, -0.1) is 0 Å². The summed E-state index contributed by atoms with van der Waals surface area (Å²) in [6.07, 6.45) is 13.5. The summed E-state index contributed by atoms with van der Waals surface area (Å²) < 4.78 is 5.87. The molecule has 0 aromatic heterocycles. The second-order valence-electron chi connectivity index (χ2n) is 3.65. The maximum Gasteiger partial charge on any atom is 0.119 e. The summed E-state index contributed by atoms with van der Waals surface area (Å²) in [5, 5.41) is 0. The fourth-order valence-corrected chi connectivity index (χ4v) is 1.86. The average molecular weight is 206 g/mol. The molecule has 0 radical (unpaired) electrons. The third-order valence-corrected chi connectivity index (χ3v) is 2.72. The maximum atomic E-state index is 5.87. The van der Waals surface area contributed by atoms with Crippen molar-refractivity contribution in [3.63, 3.8) is 0 Å². The molecular weight excluding hydrogens is 184 g/mol. The first-order valence-corrected chi connectivity index (χ1v) is 6.12. The third kappa shape index (κ3) is 3.26. The second-order valence-corrected chi connectivity index (χ2v) is 3.65. The minimum atomic E-state index is 0.446. The molecule has 0 fully saturated rings. The van der Waals surface area contributed by atoms with Crippen LogP contribution in [0.1, 0.15) is 46.5 Å². The van der Waals surface area contributed by atoms with Crippen LogP contribution in [0.5, 0.6) is 0 Å². The van der Waals surface area contributed by atoms with Gasteiger partial charge in [-0.05, 0) is 37.3 Å². The zero-order chi connectivity index (χ0) is 11.1. The Hall–Kier alpha value is -0.980. The third-order valence-electron chi connectivity index (χ3n) is 2.72. The SMILES string of the molecule is CC.CCC1CCC2=C(C=CC=CC2)O1. The van der Waals surface area contributed by atoms with Gasteiger partial charge < -0.3 is 4.74 Å². The normalized spacial score (nSPS) is 23.5. The van der Waals surface area contributed by atoms with Crippen LogP contribution in [-0.4, -0.2) is 6.10 Å². The van der Waals surface area contributed by atoms with E-state index in [-0.39, 0.29) is 0 Å². The van der Waals surface area contributed by atoms with Gasteiger partial charge in [0.15, 0.2) is 0 Å². The van der Waals surface area contributed by atoms with Crippen LogP contribution in [0.3, 0.4) is 0 Å². The number of hydrogen-bond acceptors (Lipinski definition) is 1. The number of hydrogen-bond donors (Lipinski definition) is 0. The zero-order valence-electron chi connectivity index (χ0n) is 10.1. The van der Waals surface area contributed by atoms with Crippen LogP contribution in [0.15, 0.2) is 35.6 Å². The lowest BCUT2D eigenvalue weighted by molar-refractivity contribution is 0.0961. The van der Waals surface area contributed by atoms with E-state index >= 15 is 0 Å². The first-order valence-electron chi connectivity index (χ1n) is 6.12. The smallest absolute Gasteiger partial charge is 0.119 e. The van der Waals surface area contributed by atoms with Gasteiger partial charge in [0.1, 0.15) is 5.76 Å². The Morgan fingerprint density at radius 3 is 2.87 bits per heavy atom. The average Bonchev–Trinajstić information content (AvgIpc) is 2.55. The molecule has 1 nitrogen and oxygen atoms in total. The highest BCUT2D eigenvalue weighted by Gasteiger charge is 2.18. The minimum Gasteiger partial charge on any atom is -0.490 e. The zero-order valence-corrected chi connectivity index (χ0v) is 10.1. The first-order chi connectivity index (χ1) is 7.40. The van der Waals surface area contributed by atoms with E-state index < -0.39 is 0 Å². The van der Waals surface area contributed by atoms with E-state index in [0.29, 0.717) is 6.10 Å². The van der Waals surface area contributed by atoms with Crippen molar-refractivity contribution in [2.45, 2.75) is 52.6 Å². The summed E-state index contributed by atoms with van der Waals surface area (Å²) >= 11 is 0. The number of rotatable bonds is 1. The number of allylic oxidation sites excluding steroid dienone is 5. The van der Waals surface area contributed by atoms with Crippen LogP contribution in [-0.2, 0) is 4.74 Å². The van der Waals surface area contributed by atoms with Crippen LogP contribution < -0.4 is 0 Å². The van der Waals surface area contributed by atoms with Crippen LogP contribution in [0.4, 0.5) is 0 Å². The molecule has 84 valence electrons. The summed E-state index contributed by atoms with van der Waals surface area (Å²) in [5.41, 5.74) is 1.47. The maximum absolute atomic E-state index is 5.87. The molecule has 0 saturated heterocycles. The molecule has 0 N–H and O–H groups in total. The second kappa shape index (κ2) is 6.49. The van der Waals surface area contributed by atoms with Crippen molar-refractivity contribution in [3.05, 3.63) is 35.6 Å². The Balaban J connectivity index is 0.000000531. The van der Waals surface area contributed by atoms with E-state index in [4.69, 9.17) is 4.74 Å². The molecule has 15 heavy (non-hydrogen) atoms. The Morgan fingerprint density at radius 2 is 2.13 bits per heavy atom. The van der Waals surface area contributed by atoms with Crippen molar-refractivity contribution in [2.75, 3.05) is 0 Å². The van der Waals surface area contributed by atoms with Crippen LogP contribution in [0, 0.1) is 0 Å². The molecule has 1 heteroatoms. The van der Waals surface area contributed by atoms with E-state index in [1.165, 1.54) is 18.4 Å². The standard InChI is InChI=1S/C12H16O.C2H6/c1-2-11-9-8-10-6-4-3-5-7-12(10)13-11;1-2/h3-5,7,11H,2,6,8-9H2,1H3;1-2H3. The monoisotopic (exact) mass is 206 g/mol. The molecule has 2 aliphatic rings. The highest BCUT2D eigenvalue weighted by atomic mass is 16.5. The molecule has 0 bridgehead atoms. The van der Waals surface area contributed by atoms with Gasteiger partial charge in [0.25, 0.3) is 0 Å². The molecule has 1 unspecified atom stereocenters. The van der Waals surface area contributed by atoms with Crippen molar-refractivity contribution in [1.29, 1.82) is 0 Å². The molecule has 0 spiro atoms. The van der Waals surface area contributed by atoms with Crippen molar-refractivity contribution >= 4 is 0 Å². The molecule has 0 aromatic rings. The van der Waals surface area contributed by atoms with Gasteiger partial charge >= 0.3 is 0 Å². The van der Waals surface area contributed by atoms with Crippen molar-refractivity contribution in [1.82, 2.24) is 0 Å². The predicted octanol–water partition coefficient (Wildman–Crippen LogP) is 4.37. The highest BCUT2D eigenvalue weighted by molar-refractivity contribution is 5.30. The van der Waals surface area contributed by atoms with Crippen LogP contribution >= 0.6 is 0 Å². The Morgan fingerprint density at radius 1 is 1.33 bits per heavy atom. The van der Waals surface area contributed by atoms with Gasteiger partial charge in [-0.3, -0.25) is 0 Å². The van der Waals surface area contributed by atoms with Gasteiger partial charge in [-0.2, -0.15) is 0 Å². The lowest BCUT2D eigenvalue weighted by atomic mass is 9.99. The van der Waals surface area contributed by atoms with Gasteiger partial charge in [-0.1, -0.05) is 39.0 Å². The van der Waals surface area contributed by atoms with Crippen molar-refractivity contribution < 1.29 is 4.74 Å². The van der Waals surface area contributed by atoms with Crippen molar-refractivity contribution in [2.24, 2.45) is 0 Å². The summed E-state index contributed by atoms with van der Waals surface area (Å²) in [4.78, 5) is 0. The first kappa shape index (κ1) is 12.1. The summed E-state index contributed by atoms with van der Waals surface area (Å²) in [6.45, 7) is 6.19. The minimum absolute atomic E-state index is 0.446. The summed E-state index contributed by atoms with van der Waals surface area (Å²) in [6, 6.07) is 0. The van der Waals surface area contributed by atoms with E-state index in [2.05, 4.69) is 31.2 Å². The highest BCUT2D eigenvalue weighted by Crippen LogP contribution is 2.29. The van der Waals surface area contributed by atoms with E-state index in [9.17, 15) is 0 Å². The molecule has 0 saturated carbocycles. The molecule has 1 heterocycles. The molecule has 2 rings (SSSR count). The summed E-state index contributed by atoms with van der Waals surface area (Å²) in [5.74, 6) is 1.13. The van der Waals surface area contributed by atoms with Crippen LogP contribution in [0.2, 0.25) is 0 Å². The fraction of sp³-hybridized carbons (Fsp3) is 0.571. The predicted molar refractivity (Wildman–Crippen MR) is 65.7 cm³/mol. The number of ether oxygens (including phenoxy) is 1. The quantitative estimate of drug-likeness (QED) is 0.619. The Kier molecular flexibility index (Phi) is 5.23. The van der Waals surface area contributed by atoms with Gasteiger partial charge in [0, 0.05) is 0 Å². The van der Waals surface area contributed by atoms with E-state index in [0.717, 1.165) is 18.6 Å². The molecule has 0 amide bonds. The van der Waals surface area contributed by atoms with Gasteiger partial charge in [0.05, 0.1) is 6.10 Å². The largest absolute Gasteiger partial charge is 0.490 e. The Labute approximate surface area is 93.5 Å². The molecule has 1 aliphatic heterocycles. The van der Waals surface area contributed by atoms with Gasteiger partial charge in [0.2, 0.25) is 0 Å². The summed E-state index contributed by atoms with van der Waals surface area (Å²) in [7, 11) is 0. The lowest BCUT2D eigenvalue weighted by Gasteiger charge is -2.25. The van der Waals surface area contributed by atoms with E-state index in [1.807, 2.05) is 13.8 Å². The van der Waals surface area contributed by atoms with Crippen molar-refractivity contribution in [3.8, 4) is 0 Å². The topological polar surface area (TPSA) is 9.23 Å². The van der Waals surface area contributed by atoms with Crippen LogP contribution in [0.25, 0.3) is 0 Å².